The lowest BCUT2D eigenvalue weighted by Crippen LogP contribution is -2.39. The molecule has 15 heavy (non-hydrogen) atoms. The van der Waals surface area contributed by atoms with Crippen LogP contribution < -0.4 is 10.2 Å². The van der Waals surface area contributed by atoms with Gasteiger partial charge in [0, 0.05) is 24.2 Å². The smallest absolute Gasteiger partial charge is 0.0635 e. The first-order valence-electron chi connectivity index (χ1n) is 5.56. The normalized spacial score (nSPS) is 23.3. The predicted molar refractivity (Wildman–Crippen MR) is 65.0 cm³/mol. The molecule has 2 heterocycles. The zero-order valence-electron chi connectivity index (χ0n) is 8.89. The van der Waals surface area contributed by atoms with Gasteiger partial charge in [0.05, 0.1) is 11.4 Å². The van der Waals surface area contributed by atoms with Crippen LogP contribution in [0.1, 0.15) is 18.4 Å². The summed E-state index contributed by atoms with van der Waals surface area (Å²) in [5.74, 6) is 0. The fourth-order valence-electron chi connectivity index (χ4n) is 2.82. The van der Waals surface area contributed by atoms with Gasteiger partial charge in [-0.2, -0.15) is 0 Å². The number of nitrogens with one attached hydrogen (secondary N) is 1. The molecule has 3 rings (SSSR count). The quantitative estimate of drug-likeness (QED) is 0.726. The number of rotatable bonds is 0. The van der Waals surface area contributed by atoms with Crippen LogP contribution in [-0.2, 0) is 0 Å². The average Bonchev–Trinajstić information content (AvgIpc) is 2.63. The Morgan fingerprint density at radius 3 is 3.20 bits per heavy atom. The molecule has 2 aliphatic rings. The van der Waals surface area contributed by atoms with Crippen molar-refractivity contribution >= 4 is 23.0 Å². The van der Waals surface area contributed by atoms with Crippen molar-refractivity contribution in [3.8, 4) is 0 Å². The molecule has 0 bridgehead atoms. The summed E-state index contributed by atoms with van der Waals surface area (Å²) in [6.45, 7) is 4.40. The highest BCUT2D eigenvalue weighted by Crippen LogP contribution is 2.40. The number of hydrogen-bond donors (Lipinski definition) is 1. The van der Waals surface area contributed by atoms with E-state index in [1.54, 1.807) is 0 Å². The van der Waals surface area contributed by atoms with Crippen LogP contribution in [0.25, 0.3) is 0 Å². The number of fused-ring (bicyclic) bond motifs is 3. The van der Waals surface area contributed by atoms with Gasteiger partial charge in [0.2, 0.25) is 0 Å². The Bertz CT molecular complexity index is 403. The standard InChI is InChI=1S/C12H15ClN2/c1-8-5-9(13)6-11-12(8)15-4-2-3-10(15)7-14-11/h5-6,10,14H,2-4,7H2,1H3. The summed E-state index contributed by atoms with van der Waals surface area (Å²) in [7, 11) is 0. The Kier molecular flexibility index (Phi) is 2.06. The highest BCUT2D eigenvalue weighted by molar-refractivity contribution is 6.31. The van der Waals surface area contributed by atoms with E-state index in [1.165, 1.54) is 36.3 Å². The molecular weight excluding hydrogens is 208 g/mol. The van der Waals surface area contributed by atoms with E-state index in [-0.39, 0.29) is 0 Å². The lowest BCUT2D eigenvalue weighted by atomic mass is 10.1. The molecule has 2 nitrogen and oxygen atoms in total. The molecule has 1 saturated heterocycles. The van der Waals surface area contributed by atoms with Gasteiger partial charge in [-0.05, 0) is 37.5 Å². The van der Waals surface area contributed by atoms with E-state index in [9.17, 15) is 0 Å². The van der Waals surface area contributed by atoms with Crippen molar-refractivity contribution in [2.75, 3.05) is 23.3 Å². The maximum atomic E-state index is 6.07. The van der Waals surface area contributed by atoms with Gasteiger partial charge in [0.15, 0.2) is 0 Å². The highest BCUT2D eigenvalue weighted by atomic mass is 35.5. The van der Waals surface area contributed by atoms with E-state index >= 15 is 0 Å². The summed E-state index contributed by atoms with van der Waals surface area (Å²) < 4.78 is 0. The Balaban J connectivity index is 2.12. The monoisotopic (exact) mass is 222 g/mol. The molecular formula is C12H15ClN2. The number of aryl methyl sites for hydroxylation is 1. The second-order valence-electron chi connectivity index (χ2n) is 4.49. The van der Waals surface area contributed by atoms with Gasteiger partial charge in [-0.3, -0.25) is 0 Å². The number of halogens is 1. The van der Waals surface area contributed by atoms with Crippen molar-refractivity contribution < 1.29 is 0 Å². The van der Waals surface area contributed by atoms with Gasteiger partial charge in [-0.25, -0.2) is 0 Å². The molecule has 1 aromatic carbocycles. The molecule has 1 unspecified atom stereocenters. The maximum absolute atomic E-state index is 6.07. The third-order valence-electron chi connectivity index (χ3n) is 3.46. The number of anilines is 2. The summed E-state index contributed by atoms with van der Waals surface area (Å²) in [6.07, 6.45) is 2.63. The molecule has 0 aromatic heterocycles. The molecule has 0 spiro atoms. The lowest BCUT2D eigenvalue weighted by Gasteiger charge is -2.35. The maximum Gasteiger partial charge on any atom is 0.0635 e. The third-order valence-corrected chi connectivity index (χ3v) is 3.68. The Morgan fingerprint density at radius 1 is 1.47 bits per heavy atom. The summed E-state index contributed by atoms with van der Waals surface area (Å²) in [6, 6.07) is 4.79. The van der Waals surface area contributed by atoms with E-state index < -0.39 is 0 Å². The molecule has 0 radical (unpaired) electrons. The second kappa shape index (κ2) is 3.31. The van der Waals surface area contributed by atoms with E-state index in [1.807, 2.05) is 6.07 Å². The molecule has 0 saturated carbocycles. The van der Waals surface area contributed by atoms with E-state index in [0.717, 1.165) is 11.6 Å². The van der Waals surface area contributed by atoms with Crippen molar-refractivity contribution in [3.05, 3.63) is 22.7 Å². The van der Waals surface area contributed by atoms with Crippen LogP contribution in [0.4, 0.5) is 11.4 Å². The van der Waals surface area contributed by atoms with Gasteiger partial charge in [-0.15, -0.1) is 0 Å². The summed E-state index contributed by atoms with van der Waals surface area (Å²) >= 11 is 6.07. The lowest BCUT2D eigenvalue weighted by molar-refractivity contribution is 0.681. The molecule has 80 valence electrons. The Morgan fingerprint density at radius 2 is 2.33 bits per heavy atom. The molecule has 3 heteroatoms. The van der Waals surface area contributed by atoms with Gasteiger partial charge in [0.1, 0.15) is 0 Å². The van der Waals surface area contributed by atoms with E-state index in [4.69, 9.17) is 11.6 Å². The predicted octanol–water partition coefficient (Wildman–Crippen LogP) is 3.04. The van der Waals surface area contributed by atoms with Crippen LogP contribution in [0.5, 0.6) is 0 Å². The fraction of sp³-hybridized carbons (Fsp3) is 0.500. The van der Waals surface area contributed by atoms with Crippen LogP contribution in [0.2, 0.25) is 5.02 Å². The Hall–Kier alpha value is -0.890. The van der Waals surface area contributed by atoms with Crippen molar-refractivity contribution in [1.82, 2.24) is 0 Å². The molecule has 1 fully saturated rings. The van der Waals surface area contributed by atoms with Crippen LogP contribution in [-0.4, -0.2) is 19.1 Å². The first kappa shape index (κ1) is 9.34. The molecule has 1 N–H and O–H groups in total. The van der Waals surface area contributed by atoms with Gasteiger partial charge in [-0.1, -0.05) is 11.6 Å². The molecule has 2 aliphatic heterocycles. The number of hydrogen-bond acceptors (Lipinski definition) is 2. The first-order chi connectivity index (χ1) is 7.25. The van der Waals surface area contributed by atoms with Gasteiger partial charge < -0.3 is 10.2 Å². The van der Waals surface area contributed by atoms with Crippen molar-refractivity contribution in [1.29, 1.82) is 0 Å². The van der Waals surface area contributed by atoms with Crippen LogP contribution in [0, 0.1) is 6.92 Å². The third kappa shape index (κ3) is 1.39. The minimum Gasteiger partial charge on any atom is -0.381 e. The second-order valence-corrected chi connectivity index (χ2v) is 4.93. The fourth-order valence-corrected chi connectivity index (χ4v) is 3.09. The van der Waals surface area contributed by atoms with E-state index in [2.05, 4.69) is 23.2 Å². The minimum absolute atomic E-state index is 0.692. The summed E-state index contributed by atoms with van der Waals surface area (Å²) in [4.78, 5) is 2.54. The largest absolute Gasteiger partial charge is 0.381 e. The number of benzene rings is 1. The zero-order valence-corrected chi connectivity index (χ0v) is 9.64. The van der Waals surface area contributed by atoms with Crippen LogP contribution in [0.3, 0.4) is 0 Å². The highest BCUT2D eigenvalue weighted by Gasteiger charge is 2.31. The summed E-state index contributed by atoms with van der Waals surface area (Å²) in [5.41, 5.74) is 3.86. The first-order valence-corrected chi connectivity index (χ1v) is 5.94. The molecule has 0 aliphatic carbocycles. The van der Waals surface area contributed by atoms with Gasteiger partial charge >= 0.3 is 0 Å². The molecule has 1 aromatic rings. The Labute approximate surface area is 95.2 Å². The zero-order chi connectivity index (χ0) is 10.4. The van der Waals surface area contributed by atoms with Crippen LogP contribution >= 0.6 is 11.6 Å². The van der Waals surface area contributed by atoms with E-state index in [0.29, 0.717) is 6.04 Å². The van der Waals surface area contributed by atoms with Crippen molar-refractivity contribution in [3.63, 3.8) is 0 Å². The topological polar surface area (TPSA) is 15.3 Å². The van der Waals surface area contributed by atoms with Gasteiger partial charge in [0.25, 0.3) is 0 Å². The van der Waals surface area contributed by atoms with Crippen molar-refractivity contribution in [2.24, 2.45) is 0 Å². The number of nitrogens with zero attached hydrogens (tertiary/aromatic N) is 1. The minimum atomic E-state index is 0.692. The molecule has 1 atom stereocenters. The average molecular weight is 223 g/mol. The van der Waals surface area contributed by atoms with Crippen molar-refractivity contribution in [2.45, 2.75) is 25.8 Å². The SMILES string of the molecule is Cc1cc(Cl)cc2c1N1CCCC1CN2. The van der Waals surface area contributed by atoms with Crippen LogP contribution in [0.15, 0.2) is 12.1 Å². The molecule has 0 amide bonds. The summed E-state index contributed by atoms with van der Waals surface area (Å²) in [5, 5.41) is 4.32.